The highest BCUT2D eigenvalue weighted by Crippen LogP contribution is 2.34. The van der Waals surface area contributed by atoms with Gasteiger partial charge in [0.25, 0.3) is 11.1 Å². The second kappa shape index (κ2) is 9.23. The molecule has 0 aromatic heterocycles. The number of thioether (sulfide) groups is 1. The third kappa shape index (κ3) is 4.77. The number of amides is 3. The van der Waals surface area contributed by atoms with E-state index in [4.69, 9.17) is 21.1 Å². The van der Waals surface area contributed by atoms with Crippen molar-refractivity contribution in [2.45, 2.75) is 6.92 Å². The first-order valence-electron chi connectivity index (χ1n) is 8.85. The van der Waals surface area contributed by atoms with Gasteiger partial charge in [-0.1, -0.05) is 23.7 Å². The number of aryl methyl sites for hydroxylation is 1. The Morgan fingerprint density at radius 2 is 1.87 bits per heavy atom. The molecule has 1 aliphatic heterocycles. The van der Waals surface area contributed by atoms with Crippen LogP contribution in [0.5, 0.6) is 11.5 Å². The molecule has 3 rings (SSSR count). The van der Waals surface area contributed by atoms with E-state index in [1.807, 2.05) is 6.92 Å². The van der Waals surface area contributed by atoms with Crippen molar-refractivity contribution in [1.82, 2.24) is 4.90 Å². The van der Waals surface area contributed by atoms with Gasteiger partial charge in [0, 0.05) is 10.7 Å². The molecule has 1 saturated heterocycles. The van der Waals surface area contributed by atoms with E-state index in [1.165, 1.54) is 14.2 Å². The van der Waals surface area contributed by atoms with Crippen molar-refractivity contribution in [1.29, 1.82) is 0 Å². The van der Waals surface area contributed by atoms with Gasteiger partial charge < -0.3 is 14.8 Å². The molecule has 1 N–H and O–H groups in total. The third-order valence-electron chi connectivity index (χ3n) is 4.34. The van der Waals surface area contributed by atoms with E-state index in [2.05, 4.69) is 5.32 Å². The van der Waals surface area contributed by atoms with Gasteiger partial charge in [0.2, 0.25) is 5.91 Å². The molecule has 3 amide bonds. The molecule has 1 heterocycles. The lowest BCUT2D eigenvalue weighted by atomic mass is 10.2. The first-order chi connectivity index (χ1) is 14.3. The SMILES string of the molecule is COc1ccc(/C=C2/SC(=O)N(CC(=O)Nc3ccc(C)c(Cl)c3)C2=O)cc1OC. The minimum absolute atomic E-state index is 0.221. The monoisotopic (exact) mass is 446 g/mol. The molecular weight excluding hydrogens is 428 g/mol. The lowest BCUT2D eigenvalue weighted by Gasteiger charge is -2.13. The molecule has 2 aromatic carbocycles. The molecule has 0 saturated carbocycles. The average Bonchev–Trinajstić information content (AvgIpc) is 2.98. The van der Waals surface area contributed by atoms with Gasteiger partial charge in [0.05, 0.1) is 19.1 Å². The van der Waals surface area contributed by atoms with Crippen LogP contribution in [-0.2, 0) is 9.59 Å². The van der Waals surface area contributed by atoms with Gasteiger partial charge in [0.1, 0.15) is 6.54 Å². The summed E-state index contributed by atoms with van der Waals surface area (Å²) in [6, 6.07) is 10.2. The Labute approximate surface area is 183 Å². The lowest BCUT2D eigenvalue weighted by Crippen LogP contribution is -2.36. The van der Waals surface area contributed by atoms with Crippen molar-refractivity contribution in [2.75, 3.05) is 26.1 Å². The molecule has 1 fully saturated rings. The summed E-state index contributed by atoms with van der Waals surface area (Å²) in [5.74, 6) is 0.0266. The smallest absolute Gasteiger partial charge is 0.294 e. The van der Waals surface area contributed by atoms with E-state index in [9.17, 15) is 14.4 Å². The topological polar surface area (TPSA) is 84.9 Å². The number of hydrogen-bond donors (Lipinski definition) is 1. The van der Waals surface area contributed by atoms with E-state index in [1.54, 1.807) is 42.5 Å². The summed E-state index contributed by atoms with van der Waals surface area (Å²) in [5, 5.41) is 2.64. The summed E-state index contributed by atoms with van der Waals surface area (Å²) in [6.07, 6.45) is 1.57. The second-order valence-corrected chi connectivity index (χ2v) is 7.79. The highest BCUT2D eigenvalue weighted by Gasteiger charge is 2.36. The Bertz CT molecular complexity index is 1050. The van der Waals surface area contributed by atoms with Crippen molar-refractivity contribution >= 4 is 52.2 Å². The number of halogens is 1. The van der Waals surface area contributed by atoms with Gasteiger partial charge in [-0.3, -0.25) is 19.3 Å². The Morgan fingerprint density at radius 3 is 2.53 bits per heavy atom. The molecule has 0 radical (unpaired) electrons. The van der Waals surface area contributed by atoms with Crippen molar-refractivity contribution in [2.24, 2.45) is 0 Å². The molecule has 0 atom stereocenters. The largest absolute Gasteiger partial charge is 0.493 e. The van der Waals surface area contributed by atoms with Crippen LogP contribution in [0.1, 0.15) is 11.1 Å². The van der Waals surface area contributed by atoms with Crippen LogP contribution in [0, 0.1) is 6.92 Å². The summed E-state index contributed by atoms with van der Waals surface area (Å²) in [7, 11) is 3.04. The van der Waals surface area contributed by atoms with Crippen LogP contribution < -0.4 is 14.8 Å². The number of methoxy groups -OCH3 is 2. The third-order valence-corrected chi connectivity index (χ3v) is 5.65. The number of imide groups is 1. The van der Waals surface area contributed by atoms with Gasteiger partial charge in [-0.15, -0.1) is 0 Å². The van der Waals surface area contributed by atoms with Gasteiger partial charge in [-0.05, 0) is 60.2 Å². The molecule has 2 aromatic rings. The number of carbonyl (C=O) groups is 3. The van der Waals surface area contributed by atoms with Crippen LogP contribution in [0.2, 0.25) is 5.02 Å². The molecule has 0 aliphatic carbocycles. The highest BCUT2D eigenvalue weighted by molar-refractivity contribution is 8.18. The van der Waals surface area contributed by atoms with Gasteiger partial charge in [-0.2, -0.15) is 0 Å². The summed E-state index contributed by atoms with van der Waals surface area (Å²) in [6.45, 7) is 1.46. The zero-order valence-electron chi connectivity index (χ0n) is 16.5. The maximum atomic E-state index is 12.6. The van der Waals surface area contributed by atoms with E-state index < -0.39 is 17.1 Å². The molecule has 1 aliphatic rings. The van der Waals surface area contributed by atoms with Crippen LogP contribution >= 0.6 is 23.4 Å². The zero-order chi connectivity index (χ0) is 21.8. The van der Waals surface area contributed by atoms with Gasteiger partial charge >= 0.3 is 0 Å². The predicted octanol–water partition coefficient (Wildman–Crippen LogP) is 4.34. The standard InChI is InChI=1S/C21H19ClN2O5S/c1-12-4-6-14(10-15(12)22)23-19(25)11-24-20(26)18(30-21(24)27)9-13-5-7-16(28-2)17(8-13)29-3/h4-10H,11H2,1-3H3,(H,23,25)/b18-9+. The lowest BCUT2D eigenvalue weighted by molar-refractivity contribution is -0.127. The molecular formula is C21H19ClN2O5S. The normalized spacial score (nSPS) is 14.9. The van der Waals surface area contributed by atoms with E-state index in [-0.39, 0.29) is 11.4 Å². The number of ether oxygens (including phenoxy) is 2. The fraction of sp³-hybridized carbons (Fsp3) is 0.190. The quantitative estimate of drug-likeness (QED) is 0.664. The summed E-state index contributed by atoms with van der Waals surface area (Å²) in [4.78, 5) is 38.4. The Morgan fingerprint density at radius 1 is 1.13 bits per heavy atom. The van der Waals surface area contributed by atoms with Gasteiger partial charge in [-0.25, -0.2) is 0 Å². The molecule has 156 valence electrons. The molecule has 30 heavy (non-hydrogen) atoms. The zero-order valence-corrected chi connectivity index (χ0v) is 18.1. The fourth-order valence-corrected chi connectivity index (χ4v) is 3.76. The molecule has 0 bridgehead atoms. The highest BCUT2D eigenvalue weighted by atomic mass is 35.5. The number of carbonyl (C=O) groups excluding carboxylic acids is 3. The van der Waals surface area contributed by atoms with Crippen molar-refractivity contribution in [3.8, 4) is 11.5 Å². The van der Waals surface area contributed by atoms with Crippen molar-refractivity contribution in [3.63, 3.8) is 0 Å². The summed E-state index contributed by atoms with van der Waals surface area (Å²) in [5.41, 5.74) is 2.03. The minimum Gasteiger partial charge on any atom is -0.493 e. The first-order valence-corrected chi connectivity index (χ1v) is 10.0. The molecule has 9 heteroatoms. The Hall–Kier alpha value is -2.97. The average molecular weight is 447 g/mol. The minimum atomic E-state index is -0.531. The number of anilines is 1. The molecule has 0 spiro atoms. The summed E-state index contributed by atoms with van der Waals surface area (Å²) >= 11 is 6.83. The van der Waals surface area contributed by atoms with E-state index in [0.29, 0.717) is 27.8 Å². The number of benzene rings is 2. The number of nitrogens with one attached hydrogen (secondary N) is 1. The van der Waals surface area contributed by atoms with Crippen LogP contribution in [0.15, 0.2) is 41.3 Å². The van der Waals surface area contributed by atoms with Crippen LogP contribution in [0.4, 0.5) is 10.5 Å². The van der Waals surface area contributed by atoms with Crippen molar-refractivity contribution < 1.29 is 23.9 Å². The van der Waals surface area contributed by atoms with Crippen LogP contribution in [0.3, 0.4) is 0 Å². The maximum absolute atomic E-state index is 12.6. The van der Waals surface area contributed by atoms with E-state index >= 15 is 0 Å². The molecule has 7 nitrogen and oxygen atoms in total. The predicted molar refractivity (Wildman–Crippen MR) is 117 cm³/mol. The van der Waals surface area contributed by atoms with Gasteiger partial charge in [0.15, 0.2) is 11.5 Å². The van der Waals surface area contributed by atoms with Crippen molar-refractivity contribution in [3.05, 3.63) is 57.5 Å². The fourth-order valence-electron chi connectivity index (χ4n) is 2.74. The Balaban J connectivity index is 1.72. The maximum Gasteiger partial charge on any atom is 0.294 e. The Kier molecular flexibility index (Phi) is 6.69. The van der Waals surface area contributed by atoms with Crippen LogP contribution in [-0.4, -0.2) is 42.7 Å². The number of hydrogen-bond acceptors (Lipinski definition) is 6. The van der Waals surface area contributed by atoms with Crippen LogP contribution in [0.25, 0.3) is 6.08 Å². The summed E-state index contributed by atoms with van der Waals surface area (Å²) < 4.78 is 10.4. The molecule has 0 unspecified atom stereocenters. The first kappa shape index (κ1) is 21.7. The second-order valence-electron chi connectivity index (χ2n) is 6.39. The number of nitrogens with zero attached hydrogens (tertiary/aromatic N) is 1. The van der Waals surface area contributed by atoms with E-state index in [0.717, 1.165) is 22.2 Å². The number of rotatable bonds is 6.